The maximum Gasteiger partial charge on any atom is 0.0278 e. The SMILES string of the molecule is CCC1CNC(C)(CC)CN1CC1CCN(C)CC1. The van der Waals surface area contributed by atoms with Gasteiger partial charge in [0.05, 0.1) is 0 Å². The molecule has 0 aromatic carbocycles. The van der Waals surface area contributed by atoms with Crippen molar-refractivity contribution in [3.63, 3.8) is 0 Å². The number of nitrogens with zero attached hydrogens (tertiary/aromatic N) is 2. The summed E-state index contributed by atoms with van der Waals surface area (Å²) in [5.74, 6) is 0.921. The molecule has 2 unspecified atom stereocenters. The van der Waals surface area contributed by atoms with E-state index in [-0.39, 0.29) is 0 Å². The molecule has 2 rings (SSSR count). The van der Waals surface area contributed by atoms with E-state index in [1.54, 1.807) is 0 Å². The molecule has 0 aliphatic carbocycles. The third kappa shape index (κ3) is 3.93. The maximum atomic E-state index is 3.77. The highest BCUT2D eigenvalue weighted by molar-refractivity contribution is 4.94. The van der Waals surface area contributed by atoms with Crippen molar-refractivity contribution in [1.29, 1.82) is 0 Å². The standard InChI is InChI=1S/C16H33N3/c1-5-15-11-17-16(3,6-2)13-19(15)12-14-7-9-18(4)10-8-14/h14-15,17H,5-13H2,1-4H3. The van der Waals surface area contributed by atoms with Crippen LogP contribution >= 0.6 is 0 Å². The van der Waals surface area contributed by atoms with E-state index >= 15 is 0 Å². The first-order chi connectivity index (χ1) is 9.06. The summed E-state index contributed by atoms with van der Waals surface area (Å²) < 4.78 is 0. The Morgan fingerprint density at radius 1 is 1.21 bits per heavy atom. The third-order valence-electron chi connectivity index (χ3n) is 5.42. The topological polar surface area (TPSA) is 18.5 Å². The first-order valence-corrected chi connectivity index (χ1v) is 8.24. The zero-order valence-electron chi connectivity index (χ0n) is 13.4. The van der Waals surface area contributed by atoms with Crippen LogP contribution in [0.3, 0.4) is 0 Å². The van der Waals surface area contributed by atoms with Gasteiger partial charge >= 0.3 is 0 Å². The van der Waals surface area contributed by atoms with Crippen LogP contribution in [-0.4, -0.2) is 61.2 Å². The molecular formula is C16H33N3. The first kappa shape index (κ1) is 15.3. The van der Waals surface area contributed by atoms with Gasteiger partial charge in [0.25, 0.3) is 0 Å². The minimum Gasteiger partial charge on any atom is -0.309 e. The molecule has 0 saturated carbocycles. The molecule has 2 aliphatic heterocycles. The highest BCUT2D eigenvalue weighted by atomic mass is 15.3. The van der Waals surface area contributed by atoms with Gasteiger partial charge in [-0.2, -0.15) is 0 Å². The molecule has 0 amide bonds. The average Bonchev–Trinajstić information content (AvgIpc) is 2.42. The van der Waals surface area contributed by atoms with E-state index in [2.05, 4.69) is 42.9 Å². The summed E-state index contributed by atoms with van der Waals surface area (Å²) in [6, 6.07) is 0.749. The molecule has 2 saturated heterocycles. The summed E-state index contributed by atoms with van der Waals surface area (Å²) in [4.78, 5) is 5.26. The minimum atomic E-state index is 0.330. The number of rotatable bonds is 4. The Bertz CT molecular complexity index is 273. The van der Waals surface area contributed by atoms with Crippen LogP contribution in [0.4, 0.5) is 0 Å². The number of hydrogen-bond donors (Lipinski definition) is 1. The van der Waals surface area contributed by atoms with Gasteiger partial charge in [-0.05, 0) is 58.7 Å². The van der Waals surface area contributed by atoms with Crippen LogP contribution in [0.1, 0.15) is 46.5 Å². The number of hydrogen-bond acceptors (Lipinski definition) is 3. The van der Waals surface area contributed by atoms with E-state index < -0.39 is 0 Å². The van der Waals surface area contributed by atoms with Crippen molar-refractivity contribution >= 4 is 0 Å². The molecule has 3 heteroatoms. The first-order valence-electron chi connectivity index (χ1n) is 8.24. The summed E-state index contributed by atoms with van der Waals surface area (Å²) in [5, 5.41) is 3.77. The number of nitrogens with one attached hydrogen (secondary N) is 1. The normalized spacial score (nSPS) is 35.7. The van der Waals surface area contributed by atoms with Crippen molar-refractivity contribution in [2.45, 2.75) is 58.0 Å². The lowest BCUT2D eigenvalue weighted by Gasteiger charge is -2.47. The van der Waals surface area contributed by atoms with E-state index in [9.17, 15) is 0 Å². The fourth-order valence-corrected chi connectivity index (χ4v) is 3.56. The van der Waals surface area contributed by atoms with Crippen LogP contribution < -0.4 is 5.32 Å². The highest BCUT2D eigenvalue weighted by Crippen LogP contribution is 2.24. The zero-order chi connectivity index (χ0) is 13.9. The molecule has 112 valence electrons. The number of likely N-dealkylation sites (tertiary alicyclic amines) is 1. The molecule has 0 aromatic rings. The molecule has 0 aromatic heterocycles. The van der Waals surface area contributed by atoms with Crippen molar-refractivity contribution in [3.8, 4) is 0 Å². The Hall–Kier alpha value is -0.120. The second-order valence-corrected chi connectivity index (χ2v) is 7.03. The Labute approximate surface area is 119 Å². The molecule has 0 bridgehead atoms. The lowest BCUT2D eigenvalue weighted by Crippen LogP contribution is -2.63. The van der Waals surface area contributed by atoms with Crippen molar-refractivity contribution in [2.75, 3.05) is 39.8 Å². The summed E-state index contributed by atoms with van der Waals surface area (Å²) in [5.41, 5.74) is 0.330. The molecule has 19 heavy (non-hydrogen) atoms. The van der Waals surface area contributed by atoms with Crippen LogP contribution in [0.15, 0.2) is 0 Å². The molecule has 2 aliphatic rings. The lowest BCUT2D eigenvalue weighted by atomic mass is 9.90. The van der Waals surface area contributed by atoms with Crippen molar-refractivity contribution in [3.05, 3.63) is 0 Å². The van der Waals surface area contributed by atoms with Gasteiger partial charge in [-0.15, -0.1) is 0 Å². The molecule has 3 nitrogen and oxygen atoms in total. The van der Waals surface area contributed by atoms with Crippen LogP contribution in [0.2, 0.25) is 0 Å². The van der Waals surface area contributed by atoms with Crippen LogP contribution in [-0.2, 0) is 0 Å². The molecule has 1 N–H and O–H groups in total. The Balaban J connectivity index is 1.91. The smallest absolute Gasteiger partial charge is 0.0278 e. The van der Waals surface area contributed by atoms with Gasteiger partial charge in [-0.25, -0.2) is 0 Å². The fourth-order valence-electron chi connectivity index (χ4n) is 3.56. The Kier molecular flexibility index (Phi) is 5.27. The summed E-state index contributed by atoms with van der Waals surface area (Å²) in [7, 11) is 2.25. The summed E-state index contributed by atoms with van der Waals surface area (Å²) in [6.07, 6.45) is 5.28. The molecule has 2 fully saturated rings. The van der Waals surface area contributed by atoms with E-state index in [1.807, 2.05) is 0 Å². The van der Waals surface area contributed by atoms with E-state index in [0.717, 1.165) is 12.0 Å². The lowest BCUT2D eigenvalue weighted by molar-refractivity contribution is 0.0554. The average molecular weight is 267 g/mol. The molecular weight excluding hydrogens is 234 g/mol. The van der Waals surface area contributed by atoms with Crippen LogP contribution in [0, 0.1) is 5.92 Å². The van der Waals surface area contributed by atoms with E-state index in [1.165, 1.54) is 58.4 Å². The number of piperazine rings is 1. The predicted octanol–water partition coefficient (Wildman–Crippen LogP) is 2.18. The molecule has 2 atom stereocenters. The predicted molar refractivity (Wildman–Crippen MR) is 82.6 cm³/mol. The molecule has 2 heterocycles. The van der Waals surface area contributed by atoms with E-state index in [4.69, 9.17) is 0 Å². The Morgan fingerprint density at radius 2 is 1.89 bits per heavy atom. The summed E-state index contributed by atoms with van der Waals surface area (Å²) >= 11 is 0. The van der Waals surface area contributed by atoms with Crippen molar-refractivity contribution in [2.24, 2.45) is 5.92 Å². The van der Waals surface area contributed by atoms with Crippen LogP contribution in [0.25, 0.3) is 0 Å². The van der Waals surface area contributed by atoms with Gasteiger partial charge in [0, 0.05) is 31.2 Å². The highest BCUT2D eigenvalue weighted by Gasteiger charge is 2.34. The van der Waals surface area contributed by atoms with Gasteiger partial charge in [-0.3, -0.25) is 4.90 Å². The fraction of sp³-hybridized carbons (Fsp3) is 1.00. The zero-order valence-corrected chi connectivity index (χ0v) is 13.4. The minimum absolute atomic E-state index is 0.330. The molecule has 0 spiro atoms. The van der Waals surface area contributed by atoms with Crippen molar-refractivity contribution < 1.29 is 0 Å². The van der Waals surface area contributed by atoms with Gasteiger partial charge < -0.3 is 10.2 Å². The monoisotopic (exact) mass is 267 g/mol. The van der Waals surface area contributed by atoms with Gasteiger partial charge in [0.1, 0.15) is 0 Å². The number of piperidine rings is 1. The maximum absolute atomic E-state index is 3.77. The van der Waals surface area contributed by atoms with Gasteiger partial charge in [0.2, 0.25) is 0 Å². The van der Waals surface area contributed by atoms with Gasteiger partial charge in [-0.1, -0.05) is 13.8 Å². The summed E-state index contributed by atoms with van der Waals surface area (Å²) in [6.45, 7) is 13.3. The molecule has 0 radical (unpaired) electrons. The van der Waals surface area contributed by atoms with E-state index in [0.29, 0.717) is 5.54 Å². The largest absolute Gasteiger partial charge is 0.309 e. The Morgan fingerprint density at radius 3 is 2.47 bits per heavy atom. The van der Waals surface area contributed by atoms with Gasteiger partial charge in [0.15, 0.2) is 0 Å². The third-order valence-corrected chi connectivity index (χ3v) is 5.42. The quantitative estimate of drug-likeness (QED) is 0.842. The second-order valence-electron chi connectivity index (χ2n) is 7.03. The van der Waals surface area contributed by atoms with Crippen LogP contribution in [0.5, 0.6) is 0 Å². The second kappa shape index (κ2) is 6.55. The van der Waals surface area contributed by atoms with Crippen molar-refractivity contribution in [1.82, 2.24) is 15.1 Å².